The zero-order valence-electron chi connectivity index (χ0n) is 11.0. The molecule has 2 aliphatic carbocycles. The summed E-state index contributed by atoms with van der Waals surface area (Å²) in [5.74, 6) is 3.46. The third-order valence-electron chi connectivity index (χ3n) is 4.84. The molecule has 0 spiro atoms. The first-order chi connectivity index (χ1) is 8.78. The van der Waals surface area contributed by atoms with Crippen molar-refractivity contribution >= 4 is 17.3 Å². The monoisotopic (exact) mass is 264 g/mol. The van der Waals surface area contributed by atoms with E-state index < -0.39 is 0 Å². The van der Waals surface area contributed by atoms with Crippen molar-refractivity contribution in [2.24, 2.45) is 17.8 Å². The number of rotatable bonds is 4. The Morgan fingerprint density at radius 1 is 1.39 bits per heavy atom. The van der Waals surface area contributed by atoms with E-state index >= 15 is 0 Å². The van der Waals surface area contributed by atoms with Gasteiger partial charge in [-0.05, 0) is 48.6 Å². The second-order valence-corrected chi connectivity index (χ2v) is 6.22. The fraction of sp³-hybridized carbons (Fsp3) is 0.667. The number of fused-ring (bicyclic) bond motifs is 2. The van der Waals surface area contributed by atoms with Gasteiger partial charge in [-0.3, -0.25) is 4.98 Å². The summed E-state index contributed by atoms with van der Waals surface area (Å²) in [6.07, 6.45) is 9.63. The highest BCUT2D eigenvalue weighted by molar-refractivity contribution is 6.17. The fourth-order valence-electron chi connectivity index (χ4n) is 3.92. The quantitative estimate of drug-likeness (QED) is 0.771. The number of hydrogen-bond acceptors (Lipinski definition) is 2. The maximum Gasteiger partial charge on any atom is 0.0595 e. The van der Waals surface area contributed by atoms with Crippen LogP contribution in [0.5, 0.6) is 0 Å². The molecule has 2 saturated carbocycles. The lowest BCUT2D eigenvalue weighted by Gasteiger charge is -2.29. The van der Waals surface area contributed by atoms with Gasteiger partial charge in [0.05, 0.1) is 11.9 Å². The number of aromatic nitrogens is 1. The highest BCUT2D eigenvalue weighted by Gasteiger charge is 2.39. The summed E-state index contributed by atoms with van der Waals surface area (Å²) in [6, 6.07) is 2.03. The van der Waals surface area contributed by atoms with Crippen molar-refractivity contribution in [3.63, 3.8) is 0 Å². The lowest BCUT2D eigenvalue weighted by atomic mass is 9.88. The van der Waals surface area contributed by atoms with Crippen LogP contribution in [0.4, 0.5) is 5.69 Å². The molecule has 1 heterocycles. The van der Waals surface area contributed by atoms with E-state index in [1.54, 1.807) is 0 Å². The van der Waals surface area contributed by atoms with Crippen LogP contribution >= 0.6 is 11.6 Å². The summed E-state index contributed by atoms with van der Waals surface area (Å²) in [7, 11) is 2.18. The highest BCUT2D eigenvalue weighted by Crippen LogP contribution is 2.48. The number of pyridine rings is 1. The molecule has 3 unspecified atom stereocenters. The van der Waals surface area contributed by atoms with E-state index in [0.29, 0.717) is 5.88 Å². The molecule has 1 aromatic heterocycles. The Hall–Kier alpha value is -0.760. The van der Waals surface area contributed by atoms with Crippen LogP contribution in [0, 0.1) is 17.8 Å². The van der Waals surface area contributed by atoms with Crippen LogP contribution in [0.3, 0.4) is 0 Å². The normalized spacial score (nSPS) is 29.8. The van der Waals surface area contributed by atoms with Crippen LogP contribution in [0.25, 0.3) is 0 Å². The molecule has 0 aliphatic heterocycles. The molecule has 0 radical (unpaired) electrons. The number of nitrogens with zero attached hydrogens (tertiary/aromatic N) is 2. The van der Waals surface area contributed by atoms with Gasteiger partial charge in [0.15, 0.2) is 0 Å². The van der Waals surface area contributed by atoms with Crippen LogP contribution in [0.15, 0.2) is 18.5 Å². The first-order valence-corrected chi connectivity index (χ1v) is 7.51. The lowest BCUT2D eigenvalue weighted by molar-refractivity contribution is 0.337. The molecule has 3 rings (SSSR count). The average molecular weight is 265 g/mol. The third-order valence-corrected chi connectivity index (χ3v) is 5.12. The first kappa shape index (κ1) is 12.3. The van der Waals surface area contributed by atoms with E-state index in [0.717, 1.165) is 24.3 Å². The Morgan fingerprint density at radius 3 is 2.94 bits per heavy atom. The molecular weight excluding hydrogens is 244 g/mol. The highest BCUT2D eigenvalue weighted by atomic mass is 35.5. The summed E-state index contributed by atoms with van der Waals surface area (Å²) in [5, 5.41) is 0. The SMILES string of the molecule is CN(CC1CC2CCC1C2)c1cnccc1CCl. The van der Waals surface area contributed by atoms with Crippen molar-refractivity contribution < 1.29 is 0 Å². The molecule has 2 bridgehead atoms. The van der Waals surface area contributed by atoms with Crippen LogP contribution in [-0.4, -0.2) is 18.6 Å². The second kappa shape index (κ2) is 5.08. The molecule has 2 fully saturated rings. The summed E-state index contributed by atoms with van der Waals surface area (Å²) >= 11 is 6.00. The summed E-state index contributed by atoms with van der Waals surface area (Å²) in [5.41, 5.74) is 2.40. The largest absolute Gasteiger partial charge is 0.373 e. The Morgan fingerprint density at radius 2 is 2.28 bits per heavy atom. The molecule has 3 atom stereocenters. The molecule has 2 aliphatic rings. The predicted molar refractivity (Wildman–Crippen MR) is 76.0 cm³/mol. The van der Waals surface area contributed by atoms with Crippen molar-refractivity contribution in [3.05, 3.63) is 24.0 Å². The van der Waals surface area contributed by atoms with Crippen LogP contribution in [0.2, 0.25) is 0 Å². The standard InChI is InChI=1S/C15H21ClN2/c1-18(15-9-17-5-4-13(15)8-16)10-14-7-11-2-3-12(14)6-11/h4-5,9,11-12,14H,2-3,6-8,10H2,1H3. The van der Waals surface area contributed by atoms with E-state index in [1.165, 1.54) is 36.9 Å². The minimum absolute atomic E-state index is 0.568. The van der Waals surface area contributed by atoms with Crippen molar-refractivity contribution in [1.82, 2.24) is 4.98 Å². The van der Waals surface area contributed by atoms with Gasteiger partial charge in [-0.1, -0.05) is 6.42 Å². The van der Waals surface area contributed by atoms with E-state index in [-0.39, 0.29) is 0 Å². The minimum atomic E-state index is 0.568. The Labute approximate surface area is 114 Å². The second-order valence-electron chi connectivity index (χ2n) is 5.95. The topological polar surface area (TPSA) is 16.1 Å². The van der Waals surface area contributed by atoms with Crippen molar-refractivity contribution in [1.29, 1.82) is 0 Å². The molecule has 98 valence electrons. The zero-order valence-corrected chi connectivity index (χ0v) is 11.7. The lowest BCUT2D eigenvalue weighted by Crippen LogP contribution is -2.29. The van der Waals surface area contributed by atoms with Crippen LogP contribution < -0.4 is 4.90 Å². The number of anilines is 1. The van der Waals surface area contributed by atoms with Gasteiger partial charge in [0, 0.05) is 25.7 Å². The average Bonchev–Trinajstić information content (AvgIpc) is 3.01. The van der Waals surface area contributed by atoms with E-state index in [2.05, 4.69) is 16.9 Å². The number of alkyl halides is 1. The molecule has 2 nitrogen and oxygen atoms in total. The number of halogens is 1. The Balaban J connectivity index is 1.69. The summed E-state index contributed by atoms with van der Waals surface area (Å²) < 4.78 is 0. The van der Waals surface area contributed by atoms with E-state index in [4.69, 9.17) is 11.6 Å². The van der Waals surface area contributed by atoms with E-state index in [9.17, 15) is 0 Å². The van der Waals surface area contributed by atoms with Crippen molar-refractivity contribution in [3.8, 4) is 0 Å². The summed E-state index contributed by atoms with van der Waals surface area (Å²) in [6.45, 7) is 1.16. The van der Waals surface area contributed by atoms with Crippen molar-refractivity contribution in [2.75, 3.05) is 18.5 Å². The van der Waals surface area contributed by atoms with Gasteiger partial charge in [0.2, 0.25) is 0 Å². The van der Waals surface area contributed by atoms with Gasteiger partial charge in [0.1, 0.15) is 0 Å². The predicted octanol–water partition coefficient (Wildman–Crippen LogP) is 3.69. The van der Waals surface area contributed by atoms with Gasteiger partial charge in [0.25, 0.3) is 0 Å². The fourth-order valence-corrected chi connectivity index (χ4v) is 4.15. The molecule has 0 saturated heterocycles. The smallest absolute Gasteiger partial charge is 0.0595 e. The van der Waals surface area contributed by atoms with Crippen molar-refractivity contribution in [2.45, 2.75) is 31.6 Å². The Kier molecular flexibility index (Phi) is 3.47. The van der Waals surface area contributed by atoms with Gasteiger partial charge in [-0.25, -0.2) is 0 Å². The van der Waals surface area contributed by atoms with Crippen LogP contribution in [0.1, 0.15) is 31.2 Å². The van der Waals surface area contributed by atoms with Gasteiger partial charge in [-0.15, -0.1) is 11.6 Å². The molecule has 0 amide bonds. The molecule has 0 N–H and O–H groups in total. The molecule has 18 heavy (non-hydrogen) atoms. The molecule has 0 aromatic carbocycles. The van der Waals surface area contributed by atoms with Gasteiger partial charge < -0.3 is 4.90 Å². The zero-order chi connectivity index (χ0) is 12.5. The van der Waals surface area contributed by atoms with E-state index in [1.807, 2.05) is 18.5 Å². The molecule has 3 heteroatoms. The summed E-state index contributed by atoms with van der Waals surface area (Å²) in [4.78, 5) is 6.59. The maximum atomic E-state index is 6.00. The third kappa shape index (κ3) is 2.23. The maximum absolute atomic E-state index is 6.00. The first-order valence-electron chi connectivity index (χ1n) is 6.98. The van der Waals surface area contributed by atoms with Crippen LogP contribution in [-0.2, 0) is 5.88 Å². The Bertz CT molecular complexity index is 421. The minimum Gasteiger partial charge on any atom is -0.373 e. The number of hydrogen-bond donors (Lipinski definition) is 0. The molecular formula is C15H21ClN2. The molecule has 1 aromatic rings. The van der Waals surface area contributed by atoms with Gasteiger partial charge in [-0.2, -0.15) is 0 Å². The van der Waals surface area contributed by atoms with Gasteiger partial charge >= 0.3 is 0 Å².